The van der Waals surface area contributed by atoms with Crippen LogP contribution < -0.4 is 0 Å². The minimum absolute atomic E-state index is 0.00476. The molecule has 0 radical (unpaired) electrons. The van der Waals surface area contributed by atoms with Crippen molar-refractivity contribution in [2.75, 3.05) is 13.1 Å². The highest BCUT2D eigenvalue weighted by Crippen LogP contribution is 2.38. The topological polar surface area (TPSA) is 49.0 Å². The van der Waals surface area contributed by atoms with Crippen molar-refractivity contribution < 1.29 is 18.0 Å². The molecule has 1 fully saturated rings. The van der Waals surface area contributed by atoms with Gasteiger partial charge in [-0.2, -0.15) is 13.2 Å². The van der Waals surface area contributed by atoms with Crippen molar-refractivity contribution >= 4 is 28.7 Å². The maximum Gasteiger partial charge on any atom is 0.416 e. The number of carbonyl (C=O) groups excluding carboxylic acids is 1. The first-order chi connectivity index (χ1) is 13.4. The van der Waals surface area contributed by atoms with E-state index >= 15 is 0 Å². The maximum atomic E-state index is 13.1. The molecule has 0 saturated carbocycles. The second-order valence-electron chi connectivity index (χ2n) is 6.71. The van der Waals surface area contributed by atoms with Crippen LogP contribution in [-0.2, 0) is 11.0 Å². The number of likely N-dealkylation sites (tertiary alicyclic amines) is 1. The number of aromatic nitrogens is 2. The lowest BCUT2D eigenvalue weighted by atomic mass is 10.1. The van der Waals surface area contributed by atoms with Gasteiger partial charge in [0.15, 0.2) is 5.16 Å². The number of nitrogens with one attached hydrogen (secondary N) is 1. The van der Waals surface area contributed by atoms with E-state index in [4.69, 9.17) is 0 Å². The Kier molecular flexibility index (Phi) is 5.05. The first kappa shape index (κ1) is 18.9. The monoisotopic (exact) mass is 405 g/mol. The molecule has 0 aliphatic carbocycles. The third-order valence-corrected chi connectivity index (χ3v) is 5.89. The van der Waals surface area contributed by atoms with Gasteiger partial charge in [-0.25, -0.2) is 4.98 Å². The van der Waals surface area contributed by atoms with Gasteiger partial charge in [-0.05, 0) is 36.6 Å². The number of rotatable bonds is 4. The van der Waals surface area contributed by atoms with E-state index in [0.717, 1.165) is 43.6 Å². The van der Waals surface area contributed by atoms with Crippen LogP contribution in [0.5, 0.6) is 0 Å². The molecule has 1 saturated heterocycles. The second kappa shape index (κ2) is 7.50. The number of thioether (sulfide) groups is 1. The largest absolute Gasteiger partial charge is 0.416 e. The zero-order valence-corrected chi connectivity index (χ0v) is 15.7. The summed E-state index contributed by atoms with van der Waals surface area (Å²) in [5.41, 5.74) is 0.863. The summed E-state index contributed by atoms with van der Waals surface area (Å²) >= 11 is 1.24. The van der Waals surface area contributed by atoms with Gasteiger partial charge in [0.05, 0.1) is 16.6 Å². The summed E-state index contributed by atoms with van der Waals surface area (Å²) < 4.78 is 38.8. The van der Waals surface area contributed by atoms with Crippen LogP contribution in [0.15, 0.2) is 53.7 Å². The Labute approximate surface area is 164 Å². The number of fused-ring (bicyclic) bond motifs is 1. The average molecular weight is 405 g/mol. The van der Waals surface area contributed by atoms with Crippen molar-refractivity contribution in [3.8, 4) is 0 Å². The van der Waals surface area contributed by atoms with Crippen molar-refractivity contribution in [2.45, 2.75) is 29.4 Å². The number of imidazole rings is 1. The summed E-state index contributed by atoms with van der Waals surface area (Å²) in [7, 11) is 0. The smallest absolute Gasteiger partial charge is 0.341 e. The molecule has 146 valence electrons. The van der Waals surface area contributed by atoms with Crippen molar-refractivity contribution in [2.24, 2.45) is 0 Å². The van der Waals surface area contributed by atoms with Crippen molar-refractivity contribution in [1.29, 1.82) is 0 Å². The minimum atomic E-state index is -4.41. The third kappa shape index (κ3) is 3.87. The van der Waals surface area contributed by atoms with Gasteiger partial charge in [-0.1, -0.05) is 42.1 Å². The summed E-state index contributed by atoms with van der Waals surface area (Å²) in [4.78, 5) is 22.2. The molecule has 1 amide bonds. The van der Waals surface area contributed by atoms with Gasteiger partial charge in [0.1, 0.15) is 5.25 Å². The van der Waals surface area contributed by atoms with E-state index in [0.29, 0.717) is 16.2 Å². The lowest BCUT2D eigenvalue weighted by molar-refractivity contribution is -0.137. The predicted octanol–water partition coefficient (Wildman–Crippen LogP) is 5.04. The fourth-order valence-electron chi connectivity index (χ4n) is 3.32. The highest BCUT2D eigenvalue weighted by molar-refractivity contribution is 8.00. The number of hydrogen-bond acceptors (Lipinski definition) is 3. The van der Waals surface area contributed by atoms with Crippen LogP contribution in [0, 0.1) is 0 Å². The molecule has 4 rings (SSSR count). The van der Waals surface area contributed by atoms with E-state index in [1.165, 1.54) is 17.8 Å². The number of aromatic amines is 1. The molecule has 1 aliphatic rings. The van der Waals surface area contributed by atoms with Gasteiger partial charge in [0.2, 0.25) is 5.91 Å². The summed E-state index contributed by atoms with van der Waals surface area (Å²) in [6.07, 6.45) is -2.43. The number of halogens is 3. The van der Waals surface area contributed by atoms with Gasteiger partial charge in [-0.15, -0.1) is 0 Å². The first-order valence-electron chi connectivity index (χ1n) is 8.99. The number of hydrogen-bond donors (Lipinski definition) is 1. The summed E-state index contributed by atoms with van der Waals surface area (Å²) in [6, 6.07) is 12.8. The Hall–Kier alpha value is -2.48. The number of H-pyrrole nitrogens is 1. The minimum Gasteiger partial charge on any atom is -0.341 e. The predicted molar refractivity (Wildman–Crippen MR) is 102 cm³/mol. The number of carbonyl (C=O) groups is 1. The molecule has 1 aromatic heterocycles. The second-order valence-corrected chi connectivity index (χ2v) is 7.81. The molecule has 2 heterocycles. The summed E-state index contributed by atoms with van der Waals surface area (Å²) in [6.45, 7) is 1.47. The van der Waals surface area contributed by atoms with Crippen molar-refractivity contribution in [3.63, 3.8) is 0 Å². The Morgan fingerprint density at radius 1 is 1.11 bits per heavy atom. The number of amides is 1. The van der Waals surface area contributed by atoms with Gasteiger partial charge < -0.3 is 9.88 Å². The summed E-state index contributed by atoms with van der Waals surface area (Å²) in [5, 5.41) is -0.0716. The van der Waals surface area contributed by atoms with E-state index in [1.54, 1.807) is 0 Å². The zero-order valence-electron chi connectivity index (χ0n) is 14.9. The lowest BCUT2D eigenvalue weighted by Crippen LogP contribution is -2.31. The van der Waals surface area contributed by atoms with Crippen LogP contribution in [-0.4, -0.2) is 33.9 Å². The maximum absolute atomic E-state index is 13.1. The van der Waals surface area contributed by atoms with Crippen LogP contribution in [0.3, 0.4) is 0 Å². The summed E-state index contributed by atoms with van der Waals surface area (Å²) in [5.74, 6) is 0.00476. The molecule has 1 aliphatic heterocycles. The highest BCUT2D eigenvalue weighted by atomic mass is 32.2. The van der Waals surface area contributed by atoms with Gasteiger partial charge >= 0.3 is 6.18 Å². The molecule has 0 unspecified atom stereocenters. The van der Waals surface area contributed by atoms with E-state index in [-0.39, 0.29) is 5.91 Å². The van der Waals surface area contributed by atoms with Crippen LogP contribution >= 0.6 is 11.8 Å². The Morgan fingerprint density at radius 2 is 1.82 bits per heavy atom. The molecule has 1 N–H and O–H groups in total. The molecular formula is C20H18F3N3OS. The van der Waals surface area contributed by atoms with Crippen LogP contribution in [0.1, 0.15) is 29.2 Å². The van der Waals surface area contributed by atoms with Crippen LogP contribution in [0.25, 0.3) is 11.0 Å². The molecule has 1 atom stereocenters. The molecule has 8 heteroatoms. The first-order valence-corrected chi connectivity index (χ1v) is 9.87. The number of alkyl halides is 3. The van der Waals surface area contributed by atoms with Gasteiger partial charge in [0.25, 0.3) is 0 Å². The fourth-order valence-corrected chi connectivity index (χ4v) is 4.41. The molecule has 4 nitrogen and oxygen atoms in total. The van der Waals surface area contributed by atoms with Crippen LogP contribution in [0.4, 0.5) is 13.2 Å². The van der Waals surface area contributed by atoms with E-state index < -0.39 is 17.0 Å². The average Bonchev–Trinajstić information content (AvgIpc) is 3.34. The van der Waals surface area contributed by atoms with Crippen molar-refractivity contribution in [3.05, 3.63) is 59.7 Å². The van der Waals surface area contributed by atoms with E-state index in [2.05, 4.69) is 9.97 Å². The molecule has 0 spiro atoms. The molecule has 0 bridgehead atoms. The third-order valence-electron chi connectivity index (χ3n) is 4.76. The number of nitrogens with zero attached hydrogens (tertiary/aromatic N) is 2. The standard InChI is InChI=1S/C20H18F3N3OS/c21-20(22,23)14-8-9-15-16(12-14)25-19(24-15)28-17(13-6-2-1-3-7-13)18(27)26-10-4-5-11-26/h1-3,6-9,12,17H,4-5,10-11H2,(H,24,25)/t17-/m0/s1. The van der Waals surface area contributed by atoms with E-state index in [1.807, 2.05) is 35.2 Å². The molecule has 2 aromatic carbocycles. The van der Waals surface area contributed by atoms with Gasteiger partial charge in [-0.3, -0.25) is 4.79 Å². The number of benzene rings is 2. The fraction of sp³-hybridized carbons (Fsp3) is 0.300. The molecular weight excluding hydrogens is 387 g/mol. The molecule has 3 aromatic rings. The van der Waals surface area contributed by atoms with Crippen LogP contribution in [0.2, 0.25) is 0 Å². The van der Waals surface area contributed by atoms with E-state index in [9.17, 15) is 18.0 Å². The quantitative estimate of drug-likeness (QED) is 0.619. The SMILES string of the molecule is O=C([C@@H](Sc1nc2ccc(C(F)(F)F)cc2[nH]1)c1ccccc1)N1CCCC1. The zero-order chi connectivity index (χ0) is 19.7. The van der Waals surface area contributed by atoms with Gasteiger partial charge in [0, 0.05) is 13.1 Å². The Morgan fingerprint density at radius 3 is 2.50 bits per heavy atom. The Bertz CT molecular complexity index is 981. The Balaban J connectivity index is 1.65. The van der Waals surface area contributed by atoms with Crippen molar-refractivity contribution in [1.82, 2.24) is 14.9 Å². The molecule has 28 heavy (non-hydrogen) atoms. The lowest BCUT2D eigenvalue weighted by Gasteiger charge is -2.22. The normalized spacial score (nSPS) is 15.9. The highest BCUT2D eigenvalue weighted by Gasteiger charge is 2.32.